The molecule has 43 heavy (non-hydrogen) atoms. The molecule has 2 heterocycles. The van der Waals surface area contributed by atoms with E-state index in [1.807, 2.05) is 68.4 Å². The third-order valence-corrected chi connectivity index (χ3v) is 8.02. The molecular formula is C33H33ClN4O4S. The maximum Gasteiger partial charge on any atom is 0.338 e. The molecule has 0 bridgehead atoms. The Bertz CT molecular complexity index is 1670. The Morgan fingerprint density at radius 3 is 2.70 bits per heavy atom. The number of esters is 1. The number of hydrogen-bond acceptors (Lipinski definition) is 8. The molecule has 8 nitrogen and oxygen atoms in total. The molecule has 0 saturated carbocycles. The van der Waals surface area contributed by atoms with Gasteiger partial charge in [0, 0.05) is 16.5 Å². The van der Waals surface area contributed by atoms with E-state index in [9.17, 15) is 4.79 Å². The number of aryl methyl sites for hydroxylation is 1. The zero-order chi connectivity index (χ0) is 30.3. The molecule has 0 fully saturated rings. The lowest BCUT2D eigenvalue weighted by Gasteiger charge is -2.28. The van der Waals surface area contributed by atoms with Crippen LogP contribution in [0.5, 0.6) is 11.5 Å². The van der Waals surface area contributed by atoms with Crippen LogP contribution < -0.4 is 14.8 Å². The van der Waals surface area contributed by atoms with Gasteiger partial charge in [-0.25, -0.2) is 9.48 Å². The minimum atomic E-state index is -0.624. The van der Waals surface area contributed by atoms with Crippen molar-refractivity contribution in [2.45, 2.75) is 44.3 Å². The standard InChI is InChI=1S/C33H33ClN4O4S/c1-5-16-41-31(39)29-22(4)35-32-36-33(43-20-25-12-7-8-13-26(25)34)37-38(32)30(29)24-14-15-27(28(18-24)40-6-2)42-19-23-11-9-10-21(3)17-23/h5,7-15,17-18,30H,1,6,16,19-20H2,2-4H3,(H,35,36,37). The second-order valence-electron chi connectivity index (χ2n) is 9.91. The summed E-state index contributed by atoms with van der Waals surface area (Å²) < 4.78 is 19.4. The molecule has 3 aromatic carbocycles. The fourth-order valence-electron chi connectivity index (χ4n) is 4.78. The van der Waals surface area contributed by atoms with E-state index in [0.29, 0.717) is 57.9 Å². The van der Waals surface area contributed by atoms with Gasteiger partial charge < -0.3 is 19.5 Å². The van der Waals surface area contributed by atoms with Gasteiger partial charge in [-0.1, -0.05) is 90.1 Å². The van der Waals surface area contributed by atoms with Crippen molar-refractivity contribution in [2.75, 3.05) is 18.5 Å². The molecule has 0 aliphatic carbocycles. The molecule has 1 atom stereocenters. The molecule has 1 aromatic heterocycles. The SMILES string of the molecule is C=CCOC(=O)C1=C(C)Nc2nc(SCc3ccccc3Cl)nn2C1c1ccc(OCc2cccc(C)c2)c(OCC)c1. The smallest absolute Gasteiger partial charge is 0.338 e. The van der Waals surface area contributed by atoms with Crippen molar-refractivity contribution in [1.29, 1.82) is 0 Å². The van der Waals surface area contributed by atoms with Crippen molar-refractivity contribution in [2.24, 2.45) is 0 Å². The van der Waals surface area contributed by atoms with Crippen LogP contribution >= 0.6 is 23.4 Å². The summed E-state index contributed by atoms with van der Waals surface area (Å²) in [7, 11) is 0. The van der Waals surface area contributed by atoms with Crippen LogP contribution in [0.25, 0.3) is 0 Å². The Morgan fingerprint density at radius 1 is 1.09 bits per heavy atom. The molecule has 1 aliphatic heterocycles. The molecule has 0 saturated heterocycles. The molecule has 1 unspecified atom stereocenters. The predicted molar refractivity (Wildman–Crippen MR) is 170 cm³/mol. The highest BCUT2D eigenvalue weighted by Crippen LogP contribution is 2.40. The lowest BCUT2D eigenvalue weighted by atomic mass is 9.95. The third kappa shape index (κ3) is 7.06. The number of rotatable bonds is 12. The van der Waals surface area contributed by atoms with Gasteiger partial charge in [-0.2, -0.15) is 4.98 Å². The van der Waals surface area contributed by atoms with E-state index >= 15 is 0 Å². The lowest BCUT2D eigenvalue weighted by molar-refractivity contribution is -0.138. The maximum absolute atomic E-state index is 13.4. The third-order valence-electron chi connectivity index (χ3n) is 6.76. The fraction of sp³-hybridized carbons (Fsp3) is 0.242. The molecule has 1 aliphatic rings. The highest BCUT2D eigenvalue weighted by molar-refractivity contribution is 7.98. The van der Waals surface area contributed by atoms with Crippen molar-refractivity contribution in [3.8, 4) is 11.5 Å². The molecule has 5 rings (SSSR count). The summed E-state index contributed by atoms with van der Waals surface area (Å²) in [5.74, 6) is 1.81. The van der Waals surface area contributed by atoms with E-state index in [0.717, 1.165) is 16.7 Å². The van der Waals surface area contributed by atoms with E-state index in [2.05, 4.69) is 31.0 Å². The van der Waals surface area contributed by atoms with Crippen molar-refractivity contribution >= 4 is 35.3 Å². The molecule has 4 aromatic rings. The number of halogens is 1. The minimum absolute atomic E-state index is 0.0847. The summed E-state index contributed by atoms with van der Waals surface area (Å²) in [6.07, 6.45) is 1.54. The van der Waals surface area contributed by atoms with Gasteiger partial charge in [-0.05, 0) is 55.7 Å². The number of ether oxygens (including phenoxy) is 3. The van der Waals surface area contributed by atoms with E-state index in [-0.39, 0.29) is 6.61 Å². The number of allylic oxidation sites excluding steroid dienone is 1. The van der Waals surface area contributed by atoms with Gasteiger partial charge in [0.05, 0.1) is 12.2 Å². The summed E-state index contributed by atoms with van der Waals surface area (Å²) in [6, 6.07) is 20.9. The first-order chi connectivity index (χ1) is 20.9. The number of nitrogens with zero attached hydrogens (tertiary/aromatic N) is 3. The minimum Gasteiger partial charge on any atom is -0.490 e. The number of thioether (sulfide) groups is 1. The molecule has 10 heteroatoms. The van der Waals surface area contributed by atoms with Crippen LogP contribution in [0.2, 0.25) is 5.02 Å². The van der Waals surface area contributed by atoms with Crippen LogP contribution in [-0.4, -0.2) is 33.9 Å². The number of benzene rings is 3. The number of fused-ring (bicyclic) bond motifs is 1. The van der Waals surface area contributed by atoms with E-state index in [1.165, 1.54) is 23.4 Å². The highest BCUT2D eigenvalue weighted by Gasteiger charge is 2.36. The van der Waals surface area contributed by atoms with Crippen molar-refractivity contribution < 1.29 is 19.0 Å². The van der Waals surface area contributed by atoms with E-state index < -0.39 is 12.0 Å². The van der Waals surface area contributed by atoms with Gasteiger partial charge in [-0.15, -0.1) is 5.10 Å². The number of hydrogen-bond donors (Lipinski definition) is 1. The van der Waals surface area contributed by atoms with Crippen LogP contribution in [0.4, 0.5) is 5.95 Å². The zero-order valence-corrected chi connectivity index (χ0v) is 25.9. The Labute approximate surface area is 260 Å². The molecular weight excluding hydrogens is 584 g/mol. The highest BCUT2D eigenvalue weighted by atomic mass is 35.5. The van der Waals surface area contributed by atoms with Crippen LogP contribution in [0.15, 0.2) is 95.8 Å². The average molecular weight is 617 g/mol. The van der Waals surface area contributed by atoms with Gasteiger partial charge in [0.25, 0.3) is 0 Å². The summed E-state index contributed by atoms with van der Waals surface area (Å²) in [5, 5.41) is 9.28. The first-order valence-corrected chi connectivity index (χ1v) is 15.3. The summed E-state index contributed by atoms with van der Waals surface area (Å²) >= 11 is 7.83. The topological polar surface area (TPSA) is 87.5 Å². The Balaban J connectivity index is 1.49. The van der Waals surface area contributed by atoms with E-state index in [4.69, 9.17) is 35.9 Å². The Morgan fingerprint density at radius 2 is 1.93 bits per heavy atom. The molecule has 222 valence electrons. The number of anilines is 1. The largest absolute Gasteiger partial charge is 0.490 e. The number of carbonyl (C=O) groups is 1. The monoisotopic (exact) mass is 616 g/mol. The van der Waals surface area contributed by atoms with Gasteiger partial charge in [0.15, 0.2) is 11.5 Å². The van der Waals surface area contributed by atoms with Crippen LogP contribution in [0.1, 0.15) is 42.1 Å². The molecule has 1 N–H and O–H groups in total. The summed E-state index contributed by atoms with van der Waals surface area (Å²) in [5.41, 5.74) is 5.02. The second kappa shape index (κ2) is 13.8. The first-order valence-electron chi connectivity index (χ1n) is 13.9. The Hall–Kier alpha value is -4.21. The van der Waals surface area contributed by atoms with Crippen molar-refractivity contribution in [1.82, 2.24) is 14.8 Å². The lowest BCUT2D eigenvalue weighted by Crippen LogP contribution is -2.29. The number of nitrogens with one attached hydrogen (secondary N) is 1. The second-order valence-corrected chi connectivity index (χ2v) is 11.3. The average Bonchev–Trinajstić information content (AvgIpc) is 3.40. The maximum atomic E-state index is 13.4. The first kappa shape index (κ1) is 30.3. The predicted octanol–water partition coefficient (Wildman–Crippen LogP) is 7.53. The van der Waals surface area contributed by atoms with Gasteiger partial charge in [0.2, 0.25) is 11.1 Å². The van der Waals surface area contributed by atoms with Gasteiger partial charge in [0.1, 0.15) is 19.3 Å². The fourth-order valence-corrected chi connectivity index (χ4v) is 5.90. The van der Waals surface area contributed by atoms with Gasteiger partial charge in [-0.3, -0.25) is 0 Å². The van der Waals surface area contributed by atoms with Crippen LogP contribution in [-0.2, 0) is 21.9 Å². The molecule has 0 amide bonds. The summed E-state index contributed by atoms with van der Waals surface area (Å²) in [6.45, 7) is 10.4. The van der Waals surface area contributed by atoms with Gasteiger partial charge >= 0.3 is 5.97 Å². The Kier molecular flexibility index (Phi) is 9.74. The molecule has 0 radical (unpaired) electrons. The van der Waals surface area contributed by atoms with Crippen LogP contribution in [0.3, 0.4) is 0 Å². The quantitative estimate of drug-likeness (QED) is 0.0993. The number of aromatic nitrogens is 3. The number of carbonyl (C=O) groups excluding carboxylic acids is 1. The van der Waals surface area contributed by atoms with Crippen molar-refractivity contribution in [3.63, 3.8) is 0 Å². The summed E-state index contributed by atoms with van der Waals surface area (Å²) in [4.78, 5) is 18.1. The zero-order valence-electron chi connectivity index (χ0n) is 24.3. The van der Waals surface area contributed by atoms with Crippen LogP contribution in [0, 0.1) is 6.92 Å². The normalized spacial score (nSPS) is 14.1. The van der Waals surface area contributed by atoms with E-state index in [1.54, 1.807) is 4.68 Å². The molecule has 0 spiro atoms. The van der Waals surface area contributed by atoms with Crippen molar-refractivity contribution in [3.05, 3.63) is 118 Å².